The molecule has 0 spiro atoms. The van der Waals surface area contributed by atoms with Gasteiger partial charge in [-0.2, -0.15) is 5.10 Å². The summed E-state index contributed by atoms with van der Waals surface area (Å²) in [5.74, 6) is -0.352. The van der Waals surface area contributed by atoms with Crippen LogP contribution in [0.5, 0.6) is 0 Å². The fraction of sp³-hybridized carbons (Fsp3) is 0.214. The summed E-state index contributed by atoms with van der Waals surface area (Å²) in [5, 5.41) is 16.7. The summed E-state index contributed by atoms with van der Waals surface area (Å²) in [7, 11) is 0. The summed E-state index contributed by atoms with van der Waals surface area (Å²) in [6, 6.07) is 7.50. The Morgan fingerprint density at radius 1 is 1.35 bits per heavy atom. The van der Waals surface area contributed by atoms with E-state index in [1.165, 1.54) is 28.6 Å². The van der Waals surface area contributed by atoms with E-state index in [1.54, 1.807) is 11.3 Å². The summed E-state index contributed by atoms with van der Waals surface area (Å²) >= 11 is 1.75. The third-order valence-electron chi connectivity index (χ3n) is 3.43. The zero-order valence-electron chi connectivity index (χ0n) is 10.5. The van der Waals surface area contributed by atoms with Crippen molar-refractivity contribution in [1.82, 2.24) is 15.2 Å². The number of nitrogens with zero attached hydrogens (tertiary/aromatic N) is 2. The SMILES string of the molecule is O=C(O)c1cc(-c2ccc3sc(C4CC4)nc3c2)n[nH]1. The summed E-state index contributed by atoms with van der Waals surface area (Å²) in [5.41, 5.74) is 2.57. The van der Waals surface area contributed by atoms with Crippen molar-refractivity contribution in [2.75, 3.05) is 0 Å². The molecule has 2 aromatic heterocycles. The van der Waals surface area contributed by atoms with Crippen LogP contribution in [0.2, 0.25) is 0 Å². The third kappa shape index (κ3) is 1.89. The van der Waals surface area contributed by atoms with E-state index in [4.69, 9.17) is 5.11 Å². The fourth-order valence-electron chi connectivity index (χ4n) is 2.19. The van der Waals surface area contributed by atoms with Gasteiger partial charge in [0.1, 0.15) is 5.69 Å². The smallest absolute Gasteiger partial charge is 0.353 e. The van der Waals surface area contributed by atoms with E-state index in [9.17, 15) is 4.79 Å². The van der Waals surface area contributed by atoms with E-state index in [0.717, 1.165) is 11.1 Å². The van der Waals surface area contributed by atoms with Gasteiger partial charge in [0.25, 0.3) is 0 Å². The van der Waals surface area contributed by atoms with Gasteiger partial charge in [-0.1, -0.05) is 6.07 Å². The highest BCUT2D eigenvalue weighted by atomic mass is 32.1. The molecule has 0 aliphatic heterocycles. The maximum absolute atomic E-state index is 10.9. The molecular formula is C14H11N3O2S. The number of thiazole rings is 1. The Kier molecular flexibility index (Phi) is 2.40. The highest BCUT2D eigenvalue weighted by Gasteiger charge is 2.27. The molecule has 0 atom stereocenters. The molecule has 5 nitrogen and oxygen atoms in total. The lowest BCUT2D eigenvalue weighted by molar-refractivity contribution is 0.0690. The van der Waals surface area contributed by atoms with Crippen molar-refractivity contribution in [2.24, 2.45) is 0 Å². The number of carbonyl (C=O) groups is 1. The van der Waals surface area contributed by atoms with Crippen LogP contribution in [0.1, 0.15) is 34.3 Å². The van der Waals surface area contributed by atoms with Gasteiger partial charge in [0.05, 0.1) is 20.9 Å². The van der Waals surface area contributed by atoms with Crippen LogP contribution in [0, 0.1) is 0 Å². The van der Waals surface area contributed by atoms with E-state index in [1.807, 2.05) is 18.2 Å². The molecule has 1 saturated carbocycles. The van der Waals surface area contributed by atoms with Gasteiger partial charge in [-0.25, -0.2) is 9.78 Å². The van der Waals surface area contributed by atoms with Crippen LogP contribution in [0.25, 0.3) is 21.5 Å². The minimum Gasteiger partial charge on any atom is -0.477 e. The topological polar surface area (TPSA) is 78.9 Å². The average molecular weight is 285 g/mol. The summed E-state index contributed by atoms with van der Waals surface area (Å²) < 4.78 is 1.17. The molecule has 1 aromatic carbocycles. The maximum atomic E-state index is 10.9. The minimum absolute atomic E-state index is 0.0945. The second kappa shape index (κ2) is 4.14. The van der Waals surface area contributed by atoms with E-state index < -0.39 is 5.97 Å². The number of aromatic nitrogens is 3. The molecule has 1 fully saturated rings. The zero-order chi connectivity index (χ0) is 13.7. The van der Waals surface area contributed by atoms with Crippen LogP contribution in [0.3, 0.4) is 0 Å². The van der Waals surface area contributed by atoms with Crippen molar-refractivity contribution < 1.29 is 9.90 Å². The molecule has 0 radical (unpaired) electrons. The number of nitrogens with one attached hydrogen (secondary N) is 1. The number of benzene rings is 1. The number of carboxylic acids is 1. The zero-order valence-corrected chi connectivity index (χ0v) is 11.3. The van der Waals surface area contributed by atoms with Crippen LogP contribution >= 0.6 is 11.3 Å². The lowest BCUT2D eigenvalue weighted by atomic mass is 10.1. The van der Waals surface area contributed by atoms with E-state index in [-0.39, 0.29) is 5.69 Å². The van der Waals surface area contributed by atoms with Gasteiger partial charge in [0, 0.05) is 11.5 Å². The van der Waals surface area contributed by atoms with Gasteiger partial charge in [0.15, 0.2) is 0 Å². The normalized spacial score (nSPS) is 14.8. The Morgan fingerprint density at radius 3 is 2.90 bits per heavy atom. The number of carboxylic acid groups (broad SMARTS) is 1. The Balaban J connectivity index is 1.76. The van der Waals surface area contributed by atoms with Crippen molar-refractivity contribution in [3.63, 3.8) is 0 Å². The maximum Gasteiger partial charge on any atom is 0.353 e. The highest BCUT2D eigenvalue weighted by Crippen LogP contribution is 2.43. The monoisotopic (exact) mass is 285 g/mol. The van der Waals surface area contributed by atoms with Crippen LogP contribution < -0.4 is 0 Å². The van der Waals surface area contributed by atoms with Gasteiger partial charge in [-0.05, 0) is 31.0 Å². The quantitative estimate of drug-likeness (QED) is 0.774. The largest absolute Gasteiger partial charge is 0.477 e. The molecule has 20 heavy (non-hydrogen) atoms. The number of hydrogen-bond acceptors (Lipinski definition) is 4. The summed E-state index contributed by atoms with van der Waals surface area (Å²) in [4.78, 5) is 15.5. The average Bonchev–Trinajstić information content (AvgIpc) is 3.02. The number of rotatable bonds is 3. The molecular weight excluding hydrogens is 274 g/mol. The molecule has 6 heteroatoms. The minimum atomic E-state index is -1.01. The van der Waals surface area contributed by atoms with Crippen molar-refractivity contribution in [2.45, 2.75) is 18.8 Å². The molecule has 2 heterocycles. The second-order valence-corrected chi connectivity index (χ2v) is 6.04. The molecule has 1 aliphatic rings. The molecule has 0 amide bonds. The predicted octanol–water partition coefficient (Wildman–Crippen LogP) is 3.26. The van der Waals surface area contributed by atoms with E-state index in [2.05, 4.69) is 15.2 Å². The number of aromatic carboxylic acids is 1. The predicted molar refractivity (Wildman–Crippen MR) is 76.1 cm³/mol. The van der Waals surface area contributed by atoms with Gasteiger partial charge < -0.3 is 5.11 Å². The van der Waals surface area contributed by atoms with Gasteiger partial charge in [-0.3, -0.25) is 5.10 Å². The van der Waals surface area contributed by atoms with E-state index >= 15 is 0 Å². The standard InChI is InChI=1S/C14H11N3O2S/c18-14(19)11-6-9(16-17-11)8-3-4-12-10(5-8)15-13(20-12)7-1-2-7/h3-7H,1-2H2,(H,16,17)(H,18,19). The van der Waals surface area contributed by atoms with Crippen LogP contribution in [0.4, 0.5) is 0 Å². The Morgan fingerprint density at radius 2 is 2.20 bits per heavy atom. The molecule has 0 bridgehead atoms. The van der Waals surface area contributed by atoms with Gasteiger partial charge in [-0.15, -0.1) is 11.3 Å². The molecule has 1 aliphatic carbocycles. The Hall–Kier alpha value is -2.21. The van der Waals surface area contributed by atoms with Gasteiger partial charge in [0.2, 0.25) is 0 Å². The summed E-state index contributed by atoms with van der Waals surface area (Å²) in [6.07, 6.45) is 2.49. The van der Waals surface area contributed by atoms with Crippen molar-refractivity contribution in [3.05, 3.63) is 35.0 Å². The van der Waals surface area contributed by atoms with Crippen LogP contribution in [-0.2, 0) is 0 Å². The molecule has 3 aromatic rings. The first-order chi connectivity index (χ1) is 9.70. The molecule has 4 rings (SSSR count). The lowest BCUT2D eigenvalue weighted by Gasteiger charge is -1.95. The first kappa shape index (κ1) is 11.6. The number of H-pyrrole nitrogens is 1. The number of aromatic amines is 1. The second-order valence-electron chi connectivity index (χ2n) is 4.98. The molecule has 0 saturated heterocycles. The van der Waals surface area contributed by atoms with Crippen molar-refractivity contribution >= 4 is 27.5 Å². The Labute approximate surface area is 118 Å². The van der Waals surface area contributed by atoms with Crippen molar-refractivity contribution in [1.29, 1.82) is 0 Å². The molecule has 2 N–H and O–H groups in total. The number of hydrogen-bond donors (Lipinski definition) is 2. The van der Waals surface area contributed by atoms with Crippen molar-refractivity contribution in [3.8, 4) is 11.3 Å². The Bertz CT molecular complexity index is 817. The van der Waals surface area contributed by atoms with Gasteiger partial charge >= 0.3 is 5.97 Å². The highest BCUT2D eigenvalue weighted by molar-refractivity contribution is 7.18. The van der Waals surface area contributed by atoms with Crippen LogP contribution in [-0.4, -0.2) is 26.3 Å². The first-order valence-corrected chi connectivity index (χ1v) is 7.22. The van der Waals surface area contributed by atoms with E-state index in [0.29, 0.717) is 11.6 Å². The lowest BCUT2D eigenvalue weighted by Crippen LogP contribution is -1.95. The molecule has 0 unspecified atom stereocenters. The summed E-state index contributed by atoms with van der Waals surface area (Å²) in [6.45, 7) is 0. The fourth-order valence-corrected chi connectivity index (χ4v) is 3.31. The number of fused-ring (bicyclic) bond motifs is 1. The first-order valence-electron chi connectivity index (χ1n) is 6.40. The molecule has 100 valence electrons. The third-order valence-corrected chi connectivity index (χ3v) is 4.63. The van der Waals surface area contributed by atoms with Crippen LogP contribution in [0.15, 0.2) is 24.3 Å².